The van der Waals surface area contributed by atoms with E-state index in [4.69, 9.17) is 16.8 Å². The molecule has 0 aromatic rings. The van der Waals surface area contributed by atoms with Gasteiger partial charge in [-0.25, -0.2) is 5.84 Å². The van der Waals surface area contributed by atoms with E-state index in [2.05, 4.69) is 18.9 Å². The first-order valence-electron chi connectivity index (χ1n) is 12.7. The zero-order valence-electron chi connectivity index (χ0n) is 21.1. The van der Waals surface area contributed by atoms with Crippen molar-refractivity contribution in [3.05, 3.63) is 0 Å². The summed E-state index contributed by atoms with van der Waals surface area (Å²) in [5.41, 5.74) is 0.0860. The summed E-state index contributed by atoms with van der Waals surface area (Å²) in [5, 5.41) is 11.7. The molecule has 5 N–H and O–H groups in total. The normalized spacial score (nSPS) is 35.6. The number of halogens is 1. The summed E-state index contributed by atoms with van der Waals surface area (Å²) in [5.74, 6) is 14.6. The van der Waals surface area contributed by atoms with Crippen LogP contribution in [0.4, 0.5) is 4.39 Å². The minimum absolute atomic E-state index is 0.0860. The third kappa shape index (κ3) is 6.22. The van der Waals surface area contributed by atoms with Crippen LogP contribution in [0.3, 0.4) is 0 Å². The molecule has 0 amide bonds. The van der Waals surface area contributed by atoms with Gasteiger partial charge in [-0.3, -0.25) is 14.2 Å². The highest BCUT2D eigenvalue weighted by molar-refractivity contribution is 5.85. The van der Waals surface area contributed by atoms with Gasteiger partial charge in [-0.2, -0.15) is 5.10 Å². The van der Waals surface area contributed by atoms with E-state index in [-0.39, 0.29) is 30.3 Å². The van der Waals surface area contributed by atoms with Crippen LogP contribution in [-0.2, 0) is 4.79 Å². The van der Waals surface area contributed by atoms with E-state index in [0.29, 0.717) is 23.7 Å². The zero-order valence-corrected chi connectivity index (χ0v) is 21.1. The lowest BCUT2D eigenvalue weighted by molar-refractivity contribution is -0.130. The lowest BCUT2D eigenvalue weighted by Crippen LogP contribution is -2.49. The number of aliphatic hydroxyl groups is 1. The van der Waals surface area contributed by atoms with E-state index in [0.717, 1.165) is 38.7 Å². The van der Waals surface area contributed by atoms with Gasteiger partial charge in [0, 0.05) is 13.0 Å². The molecule has 32 heavy (non-hydrogen) atoms. The van der Waals surface area contributed by atoms with Gasteiger partial charge in [-0.05, 0) is 80.0 Å². The van der Waals surface area contributed by atoms with Crippen LogP contribution in [0.15, 0.2) is 5.10 Å². The second-order valence-electron chi connectivity index (χ2n) is 9.78. The Hall–Kier alpha value is -1.21. The number of rotatable bonds is 8. The Kier molecular flexibility index (Phi) is 12.7. The van der Waals surface area contributed by atoms with Crippen LogP contribution in [0, 0.1) is 40.9 Å². The molecule has 7 unspecified atom stereocenters. The molecule has 3 saturated carbocycles. The molecule has 0 aliphatic heterocycles. The number of hydrazine groups is 1. The van der Waals surface area contributed by atoms with Crippen LogP contribution in [0.5, 0.6) is 0 Å². The Morgan fingerprint density at radius 1 is 1.16 bits per heavy atom. The highest BCUT2D eigenvalue weighted by atomic mass is 19.1. The predicted octanol–water partition coefficient (Wildman–Crippen LogP) is 4.51. The van der Waals surface area contributed by atoms with Crippen LogP contribution in [0.1, 0.15) is 85.5 Å². The van der Waals surface area contributed by atoms with Crippen LogP contribution < -0.4 is 11.7 Å². The fraction of sp³-hybridized carbons (Fsp3) is 0.920. The van der Waals surface area contributed by atoms with Crippen molar-refractivity contribution < 1.29 is 14.3 Å². The number of ketones is 1. The summed E-state index contributed by atoms with van der Waals surface area (Å²) in [6, 6.07) is 0. The van der Waals surface area contributed by atoms with Gasteiger partial charge in [0.2, 0.25) is 0 Å². The van der Waals surface area contributed by atoms with Gasteiger partial charge in [-0.1, -0.05) is 40.5 Å². The van der Waals surface area contributed by atoms with Crippen molar-refractivity contribution in [1.82, 2.24) is 5.01 Å². The highest BCUT2D eigenvalue weighted by Crippen LogP contribution is 2.63. The van der Waals surface area contributed by atoms with Gasteiger partial charge in [0.15, 0.2) is 5.78 Å². The molecule has 0 aromatic carbocycles. The maximum absolute atomic E-state index is 13.1. The summed E-state index contributed by atoms with van der Waals surface area (Å²) >= 11 is 0. The fourth-order valence-electron chi connectivity index (χ4n) is 7.46. The summed E-state index contributed by atoms with van der Waals surface area (Å²) in [6.45, 7) is 8.61. The molecule has 188 valence electrons. The number of hydrogen-bond acceptors (Lipinski definition) is 5. The van der Waals surface area contributed by atoms with Gasteiger partial charge in [0.25, 0.3) is 0 Å². The van der Waals surface area contributed by atoms with Crippen molar-refractivity contribution in [3.8, 4) is 0 Å². The Balaban J connectivity index is 0.00000121. The van der Waals surface area contributed by atoms with E-state index < -0.39 is 0 Å². The molecule has 0 saturated heterocycles. The number of fused-ring (bicyclic) bond motifs is 3. The minimum Gasteiger partial charge on any atom is -0.400 e. The molecule has 0 radical (unpaired) electrons. The third-order valence-corrected chi connectivity index (χ3v) is 8.56. The van der Waals surface area contributed by atoms with Gasteiger partial charge >= 0.3 is 0 Å². The highest BCUT2D eigenvalue weighted by Gasteiger charge is 2.57. The molecule has 0 heterocycles. The molecule has 7 heteroatoms. The lowest BCUT2D eigenvalue weighted by atomic mass is 9.50. The average molecular weight is 457 g/mol. The van der Waals surface area contributed by atoms with Crippen LogP contribution >= 0.6 is 0 Å². The average Bonchev–Trinajstić information content (AvgIpc) is 3.16. The Labute approximate surface area is 195 Å². The maximum atomic E-state index is 13.1. The summed E-state index contributed by atoms with van der Waals surface area (Å²) in [6.07, 6.45) is 11.3. The van der Waals surface area contributed by atoms with E-state index in [1.54, 1.807) is 0 Å². The third-order valence-electron chi connectivity index (χ3n) is 8.56. The van der Waals surface area contributed by atoms with Crippen LogP contribution in [-0.4, -0.2) is 42.6 Å². The number of aliphatic hydroxyl groups excluding tert-OH is 1. The van der Waals surface area contributed by atoms with Gasteiger partial charge in [-0.15, -0.1) is 0 Å². The molecule has 6 nitrogen and oxygen atoms in total. The molecule has 3 fully saturated rings. The number of carbonyl (C=O) groups excluding carboxylic acids is 1. The van der Waals surface area contributed by atoms with Crippen molar-refractivity contribution in [2.24, 2.45) is 57.7 Å². The first-order valence-corrected chi connectivity index (χ1v) is 12.7. The number of nitrogens with zero attached hydrogens (tertiary/aromatic N) is 2. The Morgan fingerprint density at radius 2 is 1.84 bits per heavy atom. The van der Waals surface area contributed by atoms with E-state index in [9.17, 15) is 9.18 Å². The summed E-state index contributed by atoms with van der Waals surface area (Å²) < 4.78 is 13.1. The number of nitrogens with two attached hydrogens (primary N) is 2. The number of hydrazone groups is 1. The second-order valence-corrected chi connectivity index (χ2v) is 9.78. The topological polar surface area (TPSA) is 105 Å². The summed E-state index contributed by atoms with van der Waals surface area (Å²) in [4.78, 5) is 13.0. The van der Waals surface area contributed by atoms with Crippen molar-refractivity contribution in [2.45, 2.75) is 85.5 Å². The van der Waals surface area contributed by atoms with E-state index in [1.165, 1.54) is 43.5 Å². The maximum Gasteiger partial charge on any atom is 0.157 e. The zero-order chi connectivity index (χ0) is 24.3. The van der Waals surface area contributed by atoms with Gasteiger partial charge in [0.05, 0.1) is 13.2 Å². The smallest absolute Gasteiger partial charge is 0.157 e. The predicted molar refractivity (Wildman–Crippen MR) is 130 cm³/mol. The van der Waals surface area contributed by atoms with E-state index >= 15 is 0 Å². The first-order chi connectivity index (χ1) is 15.5. The second kappa shape index (κ2) is 14.1. The number of Topliss-reactive ketones (excluding diaryl/α,β-unsaturated/α-hetero) is 1. The van der Waals surface area contributed by atoms with Crippen LogP contribution in [0.25, 0.3) is 0 Å². The fourth-order valence-corrected chi connectivity index (χ4v) is 7.46. The molecule has 0 bridgehead atoms. The first kappa shape index (κ1) is 28.8. The molecule has 3 aliphatic rings. The minimum atomic E-state index is -0.179. The van der Waals surface area contributed by atoms with Crippen molar-refractivity contribution >= 4 is 12.1 Å². The largest absolute Gasteiger partial charge is 0.400 e. The number of carbonyl (C=O) groups is 1. The number of alkyl halides is 1. The number of hydrogen-bond donors (Lipinski definition) is 3. The monoisotopic (exact) mass is 456 g/mol. The molecule has 3 aliphatic carbocycles. The molecule has 0 spiro atoms. The molecule has 7 atom stereocenters. The van der Waals surface area contributed by atoms with Gasteiger partial charge < -0.3 is 10.9 Å². The quantitative estimate of drug-likeness (QED) is 0.216. The molecular formula is C25H49FN4O2. The van der Waals surface area contributed by atoms with Crippen molar-refractivity contribution in [3.63, 3.8) is 0 Å². The molecule has 0 aromatic heterocycles. The Bertz CT molecular complexity index is 576. The van der Waals surface area contributed by atoms with Gasteiger partial charge in [0.1, 0.15) is 6.34 Å². The SMILES string of the molecule is CC.CCCC1C(CCF)CCC2C1CCC1(C)C(C(=O)CN(N)/C=N\N)CCC21.CO. The molecule has 3 rings (SSSR count). The molecular weight excluding hydrogens is 407 g/mol. The summed E-state index contributed by atoms with van der Waals surface area (Å²) in [7, 11) is 1.00. The van der Waals surface area contributed by atoms with Crippen LogP contribution in [0.2, 0.25) is 0 Å². The standard InChI is InChI=1S/C22H39FN4O.C2H6.CH4O/c1-3-4-16-15(10-12-23)5-6-18-17(16)9-11-22(2)19(18)7-8-20(22)21(28)13-27(25)14-26-24;2*1-2/h14-20H,3-13,24-25H2,1-2H3;1-2H3;2H,1H3/b26-14-;;. The Morgan fingerprint density at radius 3 is 2.44 bits per heavy atom. The van der Waals surface area contributed by atoms with Crippen molar-refractivity contribution in [1.29, 1.82) is 0 Å². The van der Waals surface area contributed by atoms with Crippen molar-refractivity contribution in [2.75, 3.05) is 20.3 Å². The van der Waals surface area contributed by atoms with E-state index in [1.807, 2.05) is 13.8 Å². The lowest BCUT2D eigenvalue weighted by Gasteiger charge is -2.54.